The average Bonchev–Trinajstić information content (AvgIpc) is 2.42. The molecule has 0 radical (unpaired) electrons. The van der Waals surface area contributed by atoms with E-state index in [0.717, 1.165) is 0 Å². The third-order valence-corrected chi connectivity index (χ3v) is 3.19. The van der Waals surface area contributed by atoms with Crippen LogP contribution in [0.15, 0.2) is 40.9 Å². The number of phenols is 1. The molecule has 2 aromatic rings. The second-order valence-electron chi connectivity index (χ2n) is 3.87. The summed E-state index contributed by atoms with van der Waals surface area (Å²) in [7, 11) is 0. The molecule has 0 spiro atoms. The Hall–Kier alpha value is -2.13. The largest absolute Gasteiger partial charge is 0.506 e. The number of halogens is 3. The maximum absolute atomic E-state index is 12.1. The summed E-state index contributed by atoms with van der Waals surface area (Å²) in [5, 5.41) is 18.9. The summed E-state index contributed by atoms with van der Waals surface area (Å²) in [4.78, 5) is 0. The number of rotatable bonds is 3. The minimum Gasteiger partial charge on any atom is -0.506 e. The highest BCUT2D eigenvalue weighted by molar-refractivity contribution is 9.10. The highest BCUT2D eigenvalue weighted by Gasteiger charge is 2.11. The van der Waals surface area contributed by atoms with Crippen LogP contribution in [0.4, 0.5) is 8.78 Å². The fourth-order valence-corrected chi connectivity index (χ4v) is 2.16. The Morgan fingerprint density at radius 1 is 1.20 bits per heavy atom. The minimum absolute atomic E-state index is 0.0217. The lowest BCUT2D eigenvalue weighted by atomic mass is 10.0. The monoisotopic (exact) mass is 339 g/mol. The van der Waals surface area contributed by atoms with E-state index in [9.17, 15) is 13.9 Å². The summed E-state index contributed by atoms with van der Waals surface area (Å²) in [6.45, 7) is -2.88. The molecule has 2 aromatic carbocycles. The molecule has 0 aliphatic carbocycles. The van der Waals surface area contributed by atoms with Crippen LogP contribution in [0.5, 0.6) is 11.5 Å². The minimum atomic E-state index is -2.88. The molecule has 0 aliphatic rings. The zero-order valence-corrected chi connectivity index (χ0v) is 11.6. The molecule has 0 saturated carbocycles. The number of hydrogen-bond acceptors (Lipinski definition) is 3. The van der Waals surface area contributed by atoms with Crippen molar-refractivity contribution in [3.8, 4) is 28.7 Å². The molecule has 2 rings (SSSR count). The third-order valence-electron chi connectivity index (χ3n) is 2.58. The van der Waals surface area contributed by atoms with Crippen molar-refractivity contribution in [2.45, 2.75) is 6.61 Å². The Bertz CT molecular complexity index is 666. The van der Waals surface area contributed by atoms with Crippen LogP contribution < -0.4 is 4.74 Å². The van der Waals surface area contributed by atoms with Gasteiger partial charge in [0.15, 0.2) is 0 Å². The predicted molar refractivity (Wildman–Crippen MR) is 72.6 cm³/mol. The summed E-state index contributed by atoms with van der Waals surface area (Å²) < 4.78 is 28.7. The molecule has 20 heavy (non-hydrogen) atoms. The Kier molecular flexibility index (Phi) is 4.20. The first-order chi connectivity index (χ1) is 9.51. The van der Waals surface area contributed by atoms with Crippen molar-refractivity contribution in [1.82, 2.24) is 0 Å². The van der Waals surface area contributed by atoms with Gasteiger partial charge in [-0.2, -0.15) is 14.0 Å². The molecule has 0 aromatic heterocycles. The topological polar surface area (TPSA) is 53.2 Å². The van der Waals surface area contributed by atoms with Gasteiger partial charge in [-0.05, 0) is 45.8 Å². The van der Waals surface area contributed by atoms with Gasteiger partial charge in [0.25, 0.3) is 0 Å². The number of alkyl halides is 2. The first kappa shape index (κ1) is 14.3. The zero-order chi connectivity index (χ0) is 14.7. The van der Waals surface area contributed by atoms with Crippen LogP contribution in [0.25, 0.3) is 11.1 Å². The maximum atomic E-state index is 12.1. The summed E-state index contributed by atoms with van der Waals surface area (Å²) in [5.74, 6) is 0.00488. The van der Waals surface area contributed by atoms with Crippen LogP contribution in [0, 0.1) is 11.3 Å². The van der Waals surface area contributed by atoms with Gasteiger partial charge in [-0.1, -0.05) is 12.1 Å². The highest BCUT2D eigenvalue weighted by atomic mass is 79.9. The molecule has 1 N–H and O–H groups in total. The number of nitrogens with zero attached hydrogens (tertiary/aromatic N) is 1. The van der Waals surface area contributed by atoms with Crippen LogP contribution in [-0.4, -0.2) is 11.7 Å². The van der Waals surface area contributed by atoms with E-state index in [1.54, 1.807) is 0 Å². The van der Waals surface area contributed by atoms with Crippen molar-refractivity contribution in [2.75, 3.05) is 0 Å². The fraction of sp³-hybridized carbons (Fsp3) is 0.0714. The van der Waals surface area contributed by atoms with Crippen LogP contribution in [0.3, 0.4) is 0 Å². The van der Waals surface area contributed by atoms with Gasteiger partial charge in [-0.25, -0.2) is 0 Å². The molecule has 0 aliphatic heterocycles. The molecular formula is C14H8BrF2NO2. The molecule has 0 amide bonds. The van der Waals surface area contributed by atoms with E-state index in [1.807, 2.05) is 6.07 Å². The number of aromatic hydroxyl groups is 1. The van der Waals surface area contributed by atoms with Gasteiger partial charge in [0.1, 0.15) is 11.5 Å². The Balaban J connectivity index is 2.42. The first-order valence-corrected chi connectivity index (χ1v) is 6.28. The normalized spacial score (nSPS) is 10.3. The van der Waals surface area contributed by atoms with Gasteiger partial charge in [0.05, 0.1) is 16.1 Å². The Morgan fingerprint density at radius 2 is 1.85 bits per heavy atom. The van der Waals surface area contributed by atoms with Crippen LogP contribution >= 0.6 is 15.9 Å². The second-order valence-corrected chi connectivity index (χ2v) is 4.72. The lowest BCUT2D eigenvalue weighted by Gasteiger charge is -2.09. The Morgan fingerprint density at radius 3 is 2.40 bits per heavy atom. The van der Waals surface area contributed by atoms with Crippen LogP contribution in [0.2, 0.25) is 0 Å². The molecule has 0 unspecified atom stereocenters. The van der Waals surface area contributed by atoms with Crippen molar-refractivity contribution in [3.05, 3.63) is 46.4 Å². The van der Waals surface area contributed by atoms with Gasteiger partial charge >= 0.3 is 6.61 Å². The highest BCUT2D eigenvalue weighted by Crippen LogP contribution is 2.37. The maximum Gasteiger partial charge on any atom is 0.387 e. The number of nitriles is 1. The van der Waals surface area contributed by atoms with Gasteiger partial charge in [-0.3, -0.25) is 0 Å². The van der Waals surface area contributed by atoms with E-state index >= 15 is 0 Å². The van der Waals surface area contributed by atoms with E-state index in [0.29, 0.717) is 21.2 Å². The molecule has 0 saturated heterocycles. The summed E-state index contributed by atoms with van der Waals surface area (Å²) >= 11 is 3.16. The standard InChI is InChI=1S/C14H8BrF2NO2/c15-12-6-8(7-18)5-11(13(12)19)9-1-3-10(4-2-9)20-14(16)17/h1-6,14,19H. The summed E-state index contributed by atoms with van der Waals surface area (Å²) in [5.41, 5.74) is 1.39. The van der Waals surface area contributed by atoms with Gasteiger partial charge in [0.2, 0.25) is 0 Å². The lowest BCUT2D eigenvalue weighted by molar-refractivity contribution is -0.0498. The smallest absolute Gasteiger partial charge is 0.387 e. The molecule has 0 heterocycles. The number of ether oxygens (including phenoxy) is 1. The second kappa shape index (κ2) is 5.88. The van der Waals surface area contributed by atoms with Crippen molar-refractivity contribution < 1.29 is 18.6 Å². The molecule has 0 bridgehead atoms. The summed E-state index contributed by atoms with van der Waals surface area (Å²) in [6, 6.07) is 10.8. The third kappa shape index (κ3) is 3.06. The summed E-state index contributed by atoms with van der Waals surface area (Å²) in [6.07, 6.45) is 0. The molecule has 3 nitrogen and oxygen atoms in total. The Labute approximate surface area is 122 Å². The van der Waals surface area contributed by atoms with E-state index in [-0.39, 0.29) is 11.5 Å². The van der Waals surface area contributed by atoms with Crippen molar-refractivity contribution in [3.63, 3.8) is 0 Å². The molecule has 6 heteroatoms. The predicted octanol–water partition coefficient (Wildman–Crippen LogP) is 4.29. The average molecular weight is 340 g/mol. The fourth-order valence-electron chi connectivity index (χ4n) is 1.70. The van der Waals surface area contributed by atoms with E-state index < -0.39 is 6.61 Å². The van der Waals surface area contributed by atoms with E-state index in [4.69, 9.17) is 5.26 Å². The van der Waals surface area contributed by atoms with Crippen molar-refractivity contribution in [1.29, 1.82) is 5.26 Å². The molecule has 102 valence electrons. The first-order valence-electron chi connectivity index (χ1n) is 5.49. The van der Waals surface area contributed by atoms with Gasteiger partial charge in [-0.15, -0.1) is 0 Å². The van der Waals surface area contributed by atoms with E-state index in [2.05, 4.69) is 20.7 Å². The van der Waals surface area contributed by atoms with Crippen LogP contribution in [0.1, 0.15) is 5.56 Å². The quantitative estimate of drug-likeness (QED) is 0.907. The van der Waals surface area contributed by atoms with Crippen LogP contribution in [-0.2, 0) is 0 Å². The lowest BCUT2D eigenvalue weighted by Crippen LogP contribution is -2.01. The molecule has 0 atom stereocenters. The zero-order valence-electron chi connectivity index (χ0n) is 9.98. The number of benzene rings is 2. The molecule has 0 fully saturated rings. The number of phenolic OH excluding ortho intramolecular Hbond substituents is 1. The van der Waals surface area contributed by atoms with E-state index in [1.165, 1.54) is 36.4 Å². The van der Waals surface area contributed by atoms with Crippen molar-refractivity contribution in [2.24, 2.45) is 0 Å². The van der Waals surface area contributed by atoms with Gasteiger partial charge in [0, 0.05) is 5.56 Å². The molecular weight excluding hydrogens is 332 g/mol. The number of hydrogen-bond donors (Lipinski definition) is 1. The van der Waals surface area contributed by atoms with Gasteiger partial charge < -0.3 is 9.84 Å². The SMILES string of the molecule is N#Cc1cc(Br)c(O)c(-c2ccc(OC(F)F)cc2)c1. The van der Waals surface area contributed by atoms with Crippen molar-refractivity contribution >= 4 is 15.9 Å².